The molecule has 0 spiro atoms. The van der Waals surface area contributed by atoms with Crippen molar-refractivity contribution in [2.24, 2.45) is 5.73 Å². The number of hydrogen-bond donors (Lipinski definition) is 2. The van der Waals surface area contributed by atoms with E-state index in [1.54, 1.807) is 12.1 Å². The van der Waals surface area contributed by atoms with E-state index in [2.05, 4.69) is 5.32 Å². The normalized spacial score (nSPS) is 18.3. The zero-order valence-corrected chi connectivity index (χ0v) is 19.0. The maximum atomic E-state index is 12.1. The second-order valence-corrected chi connectivity index (χ2v) is 9.41. The maximum Gasteiger partial charge on any atom is 0.492 e. The van der Waals surface area contributed by atoms with E-state index in [0.29, 0.717) is 5.56 Å². The molecule has 3 N–H and O–H groups in total. The molecule has 0 aliphatic carbocycles. The van der Waals surface area contributed by atoms with Gasteiger partial charge >= 0.3 is 13.2 Å². The molecule has 1 aliphatic rings. The monoisotopic (exact) mass is 416 g/mol. The van der Waals surface area contributed by atoms with Crippen LogP contribution in [0.3, 0.4) is 0 Å². The lowest BCUT2D eigenvalue weighted by Crippen LogP contribution is -2.41. The van der Waals surface area contributed by atoms with Crippen LogP contribution in [-0.2, 0) is 14.0 Å². The first kappa shape index (κ1) is 24.1. The number of alkyl carbamates (subject to hydrolysis) is 1. The minimum Gasteiger partial charge on any atom is -0.444 e. The molecule has 1 heterocycles. The Morgan fingerprint density at radius 1 is 1.10 bits per heavy atom. The van der Waals surface area contributed by atoms with Crippen molar-refractivity contribution in [1.82, 2.24) is 5.32 Å². The first-order valence-electron chi connectivity index (χ1n) is 10.1. The molecular weight excluding hydrogens is 383 g/mol. The lowest BCUT2D eigenvalue weighted by molar-refractivity contribution is 0.00578. The van der Waals surface area contributed by atoms with Crippen LogP contribution in [0, 0.1) is 0 Å². The van der Waals surface area contributed by atoms with E-state index in [9.17, 15) is 9.59 Å². The van der Waals surface area contributed by atoms with Gasteiger partial charge in [-0.05, 0) is 59.5 Å². The molecule has 0 radical (unpaired) electrons. The molecule has 0 atom stereocenters. The van der Waals surface area contributed by atoms with Gasteiger partial charge in [0.1, 0.15) is 5.60 Å². The number of amides is 1. The zero-order chi connectivity index (χ0) is 22.7. The Hall–Kier alpha value is -2.16. The number of nitrogens with one attached hydrogen (secondary N) is 1. The van der Waals surface area contributed by atoms with E-state index in [-0.39, 0.29) is 18.9 Å². The summed E-state index contributed by atoms with van der Waals surface area (Å²) in [4.78, 5) is 23.9. The van der Waals surface area contributed by atoms with Crippen LogP contribution in [0.1, 0.15) is 64.4 Å². The summed E-state index contributed by atoms with van der Waals surface area (Å²) in [5.41, 5.74) is 5.93. The predicted molar refractivity (Wildman–Crippen MR) is 118 cm³/mol. The number of Topliss-reactive ketones (excluding diaryl/α,β-unsaturated/α-hetero) is 1. The van der Waals surface area contributed by atoms with Crippen LogP contribution in [0.2, 0.25) is 0 Å². The number of nitrogens with two attached hydrogens (primary N) is 1. The molecule has 30 heavy (non-hydrogen) atoms. The minimum atomic E-state index is -0.629. The van der Waals surface area contributed by atoms with Gasteiger partial charge in [0.25, 0.3) is 0 Å². The molecular formula is C22H33BN2O5. The van der Waals surface area contributed by atoms with Crippen molar-refractivity contribution < 1.29 is 23.6 Å². The standard InChI is InChI=1S/C22H33BN2O5/c1-20(2,3)28-19(27)25-14-17(23-29-21(4,5)22(6,7)30-23)12-15-8-10-16(11-9-15)18(26)13-24/h8-12H,13-14,24H2,1-7H3,(H,25,27). The Morgan fingerprint density at radius 3 is 2.10 bits per heavy atom. The van der Waals surface area contributed by atoms with Crippen LogP contribution < -0.4 is 11.1 Å². The van der Waals surface area contributed by atoms with E-state index >= 15 is 0 Å². The number of hydrogen-bond acceptors (Lipinski definition) is 6. The van der Waals surface area contributed by atoms with Crippen molar-refractivity contribution in [3.05, 3.63) is 40.9 Å². The second kappa shape index (κ2) is 8.92. The fourth-order valence-corrected chi connectivity index (χ4v) is 2.78. The highest BCUT2D eigenvalue weighted by molar-refractivity contribution is 6.56. The first-order chi connectivity index (χ1) is 13.7. The summed E-state index contributed by atoms with van der Waals surface area (Å²) < 4.78 is 17.6. The summed E-state index contributed by atoms with van der Waals surface area (Å²) >= 11 is 0. The topological polar surface area (TPSA) is 99.9 Å². The van der Waals surface area contributed by atoms with Crippen LogP contribution in [0.15, 0.2) is 29.7 Å². The highest BCUT2D eigenvalue weighted by Crippen LogP contribution is 2.38. The zero-order valence-electron chi connectivity index (χ0n) is 19.0. The Labute approximate surface area is 179 Å². The number of ether oxygens (including phenoxy) is 1. The Balaban J connectivity index is 2.26. The molecule has 0 aromatic heterocycles. The van der Waals surface area contributed by atoms with Crippen LogP contribution in [0.5, 0.6) is 0 Å². The largest absolute Gasteiger partial charge is 0.492 e. The molecule has 8 heteroatoms. The van der Waals surface area contributed by atoms with Crippen LogP contribution in [-0.4, -0.2) is 48.9 Å². The summed E-state index contributed by atoms with van der Waals surface area (Å²) in [5, 5.41) is 2.77. The molecule has 1 fully saturated rings. The lowest BCUT2D eigenvalue weighted by atomic mass is 9.77. The van der Waals surface area contributed by atoms with Gasteiger partial charge in [-0.2, -0.15) is 0 Å². The Bertz CT molecular complexity index is 794. The molecule has 1 aromatic carbocycles. The second-order valence-electron chi connectivity index (χ2n) is 9.41. The van der Waals surface area contributed by atoms with Crippen LogP contribution in [0.4, 0.5) is 4.79 Å². The van der Waals surface area contributed by atoms with Gasteiger partial charge in [-0.1, -0.05) is 30.3 Å². The van der Waals surface area contributed by atoms with E-state index in [0.717, 1.165) is 11.0 Å². The molecule has 1 aromatic rings. The molecule has 7 nitrogen and oxygen atoms in total. The third-order valence-electron chi connectivity index (χ3n) is 5.16. The number of rotatable bonds is 6. The van der Waals surface area contributed by atoms with Gasteiger partial charge in [-0.3, -0.25) is 4.79 Å². The van der Waals surface area contributed by atoms with Crippen molar-refractivity contribution in [1.29, 1.82) is 0 Å². The van der Waals surface area contributed by atoms with E-state index in [4.69, 9.17) is 19.8 Å². The third kappa shape index (κ3) is 6.17. The minimum absolute atomic E-state index is 0.0336. The van der Waals surface area contributed by atoms with Gasteiger partial charge in [0, 0.05) is 12.1 Å². The van der Waals surface area contributed by atoms with Gasteiger partial charge in [0.2, 0.25) is 0 Å². The quantitative estimate of drug-likeness (QED) is 0.545. The summed E-state index contributed by atoms with van der Waals surface area (Å²) in [6.45, 7) is 13.5. The van der Waals surface area contributed by atoms with Crippen molar-refractivity contribution in [3.63, 3.8) is 0 Å². The van der Waals surface area contributed by atoms with Crippen molar-refractivity contribution in [2.75, 3.05) is 13.1 Å². The van der Waals surface area contributed by atoms with Gasteiger partial charge < -0.3 is 25.1 Å². The Morgan fingerprint density at radius 2 is 1.63 bits per heavy atom. The molecule has 0 saturated carbocycles. The number of carbonyl (C=O) groups excluding carboxylic acids is 2. The average Bonchev–Trinajstić information content (AvgIpc) is 2.84. The van der Waals surface area contributed by atoms with Gasteiger partial charge in [0.15, 0.2) is 5.78 Å². The molecule has 2 rings (SSSR count). The smallest absolute Gasteiger partial charge is 0.444 e. The summed E-state index contributed by atoms with van der Waals surface area (Å²) in [6.07, 6.45) is 1.37. The molecule has 0 unspecified atom stereocenters. The molecule has 0 bridgehead atoms. The fraction of sp³-hybridized carbons (Fsp3) is 0.545. The molecule has 164 valence electrons. The Kier molecular flexibility index (Phi) is 7.17. The van der Waals surface area contributed by atoms with Crippen molar-refractivity contribution in [2.45, 2.75) is 65.3 Å². The average molecular weight is 416 g/mol. The van der Waals surface area contributed by atoms with Gasteiger partial charge in [-0.15, -0.1) is 0 Å². The van der Waals surface area contributed by atoms with E-state index in [1.807, 2.05) is 66.7 Å². The SMILES string of the molecule is CC(C)(C)OC(=O)NCC(=Cc1ccc(C(=O)CN)cc1)B1OC(C)(C)C(C)(C)O1. The van der Waals surface area contributed by atoms with Crippen molar-refractivity contribution >= 4 is 25.1 Å². The van der Waals surface area contributed by atoms with Gasteiger partial charge in [0.05, 0.1) is 17.7 Å². The third-order valence-corrected chi connectivity index (χ3v) is 5.16. The summed E-state index contributed by atoms with van der Waals surface area (Å²) in [5.74, 6) is -0.122. The summed E-state index contributed by atoms with van der Waals surface area (Å²) in [7, 11) is -0.629. The van der Waals surface area contributed by atoms with Crippen LogP contribution >= 0.6 is 0 Å². The van der Waals surface area contributed by atoms with E-state index in [1.165, 1.54) is 0 Å². The van der Waals surface area contributed by atoms with E-state index < -0.39 is 30.0 Å². The highest BCUT2D eigenvalue weighted by atomic mass is 16.7. The lowest BCUT2D eigenvalue weighted by Gasteiger charge is -2.32. The number of benzene rings is 1. The predicted octanol–water partition coefficient (Wildman–Crippen LogP) is 3.37. The van der Waals surface area contributed by atoms with Crippen LogP contribution in [0.25, 0.3) is 6.08 Å². The number of ketones is 1. The van der Waals surface area contributed by atoms with Crippen molar-refractivity contribution in [3.8, 4) is 0 Å². The highest BCUT2D eigenvalue weighted by Gasteiger charge is 2.52. The number of carbonyl (C=O) groups is 2. The first-order valence-corrected chi connectivity index (χ1v) is 10.1. The molecule has 1 amide bonds. The molecule has 1 saturated heterocycles. The maximum absolute atomic E-state index is 12.1. The van der Waals surface area contributed by atoms with Gasteiger partial charge in [-0.25, -0.2) is 4.79 Å². The molecule has 1 aliphatic heterocycles. The fourth-order valence-electron chi connectivity index (χ4n) is 2.78. The summed E-state index contributed by atoms with van der Waals surface area (Å²) in [6, 6.07) is 7.09.